The smallest absolute Gasteiger partial charge is 0.254 e. The fraction of sp³-hybridized carbons (Fsp3) is 0.600. The standard InChI is InChI=1S/C5H9N3O3/c6-10-3-5-7-4(1-2-9)8-11-5/h9H,1-3,6H2. The number of hydrogen-bond donors (Lipinski definition) is 2. The molecule has 0 aliphatic carbocycles. The molecule has 1 rings (SSSR count). The SMILES string of the molecule is NOCc1nc(CCO)no1. The molecule has 0 amide bonds. The molecule has 0 bridgehead atoms. The molecular weight excluding hydrogens is 150 g/mol. The van der Waals surface area contributed by atoms with Crippen LogP contribution in [0.5, 0.6) is 0 Å². The Morgan fingerprint density at radius 1 is 1.64 bits per heavy atom. The van der Waals surface area contributed by atoms with E-state index >= 15 is 0 Å². The van der Waals surface area contributed by atoms with Crippen LogP contribution in [-0.4, -0.2) is 21.9 Å². The molecule has 6 heteroatoms. The quantitative estimate of drug-likeness (QED) is 0.547. The van der Waals surface area contributed by atoms with Gasteiger partial charge >= 0.3 is 0 Å². The van der Waals surface area contributed by atoms with Crippen molar-refractivity contribution < 1.29 is 14.5 Å². The number of nitrogens with two attached hydrogens (primary N) is 1. The minimum Gasteiger partial charge on any atom is -0.396 e. The highest BCUT2D eigenvalue weighted by atomic mass is 16.6. The van der Waals surface area contributed by atoms with Crippen LogP contribution in [0, 0.1) is 0 Å². The van der Waals surface area contributed by atoms with Gasteiger partial charge in [-0.25, -0.2) is 5.90 Å². The first-order valence-corrected chi connectivity index (χ1v) is 3.11. The van der Waals surface area contributed by atoms with Crippen molar-refractivity contribution in [3.8, 4) is 0 Å². The van der Waals surface area contributed by atoms with Gasteiger partial charge in [0.1, 0.15) is 6.61 Å². The summed E-state index contributed by atoms with van der Waals surface area (Å²) in [4.78, 5) is 8.11. The number of aromatic nitrogens is 2. The zero-order valence-electron chi connectivity index (χ0n) is 5.86. The van der Waals surface area contributed by atoms with Crippen LogP contribution < -0.4 is 5.90 Å². The number of nitrogens with zero attached hydrogens (tertiary/aromatic N) is 2. The molecule has 1 aromatic rings. The molecule has 62 valence electrons. The van der Waals surface area contributed by atoms with Crippen molar-refractivity contribution in [2.45, 2.75) is 13.0 Å². The maximum absolute atomic E-state index is 8.48. The van der Waals surface area contributed by atoms with Gasteiger partial charge in [-0.2, -0.15) is 4.98 Å². The minimum atomic E-state index is 0.00244. The zero-order valence-corrected chi connectivity index (χ0v) is 5.86. The number of hydrogen-bond acceptors (Lipinski definition) is 6. The van der Waals surface area contributed by atoms with E-state index in [9.17, 15) is 0 Å². The van der Waals surface area contributed by atoms with E-state index in [2.05, 4.69) is 19.5 Å². The highest BCUT2D eigenvalue weighted by molar-refractivity contribution is 4.84. The lowest BCUT2D eigenvalue weighted by atomic mass is 10.4. The summed E-state index contributed by atoms with van der Waals surface area (Å²) in [7, 11) is 0. The van der Waals surface area contributed by atoms with Crippen LogP contribution in [0.2, 0.25) is 0 Å². The van der Waals surface area contributed by atoms with Gasteiger partial charge in [-0.3, -0.25) is 4.84 Å². The van der Waals surface area contributed by atoms with Gasteiger partial charge in [0, 0.05) is 6.42 Å². The molecule has 0 atom stereocenters. The van der Waals surface area contributed by atoms with Crippen molar-refractivity contribution in [2.75, 3.05) is 6.61 Å². The van der Waals surface area contributed by atoms with Crippen molar-refractivity contribution in [1.82, 2.24) is 10.1 Å². The molecule has 3 N–H and O–H groups in total. The minimum absolute atomic E-state index is 0.00244. The lowest BCUT2D eigenvalue weighted by molar-refractivity contribution is 0.0995. The van der Waals surface area contributed by atoms with Gasteiger partial charge in [0.05, 0.1) is 6.61 Å². The average molecular weight is 159 g/mol. The van der Waals surface area contributed by atoms with Crippen LogP contribution >= 0.6 is 0 Å². The van der Waals surface area contributed by atoms with Gasteiger partial charge in [-0.1, -0.05) is 5.16 Å². The Hall–Kier alpha value is -0.980. The third kappa shape index (κ3) is 2.26. The molecule has 1 heterocycles. The second-order valence-electron chi connectivity index (χ2n) is 1.89. The topological polar surface area (TPSA) is 94.4 Å². The van der Waals surface area contributed by atoms with Crippen LogP contribution in [-0.2, 0) is 17.9 Å². The second kappa shape index (κ2) is 4.02. The first kappa shape index (κ1) is 8.12. The first-order valence-electron chi connectivity index (χ1n) is 3.11. The first-order chi connectivity index (χ1) is 5.36. The fourth-order valence-electron chi connectivity index (χ4n) is 0.622. The second-order valence-corrected chi connectivity index (χ2v) is 1.89. The Balaban J connectivity index is 2.51. The predicted molar refractivity (Wildman–Crippen MR) is 34.1 cm³/mol. The monoisotopic (exact) mass is 159 g/mol. The van der Waals surface area contributed by atoms with Crippen LogP contribution in [0.1, 0.15) is 11.7 Å². The van der Waals surface area contributed by atoms with E-state index in [1.54, 1.807) is 0 Å². The van der Waals surface area contributed by atoms with E-state index in [4.69, 9.17) is 11.0 Å². The van der Waals surface area contributed by atoms with E-state index in [1.807, 2.05) is 0 Å². The molecular formula is C5H9N3O3. The summed E-state index contributed by atoms with van der Waals surface area (Å²) in [5, 5.41) is 12.0. The van der Waals surface area contributed by atoms with Gasteiger partial charge in [0.25, 0.3) is 5.89 Å². The Bertz CT molecular complexity index is 192. The van der Waals surface area contributed by atoms with E-state index in [-0.39, 0.29) is 13.2 Å². The molecule has 6 nitrogen and oxygen atoms in total. The Labute approximate surface area is 62.9 Å². The van der Waals surface area contributed by atoms with Gasteiger partial charge in [0.2, 0.25) is 0 Å². The zero-order chi connectivity index (χ0) is 8.10. The lowest BCUT2D eigenvalue weighted by Crippen LogP contribution is -1.99. The van der Waals surface area contributed by atoms with Crippen molar-refractivity contribution in [3.63, 3.8) is 0 Å². The molecule has 0 saturated heterocycles. The summed E-state index contributed by atoms with van der Waals surface area (Å²) in [5.74, 6) is 5.54. The summed E-state index contributed by atoms with van der Waals surface area (Å²) in [6.45, 7) is 0.0981. The van der Waals surface area contributed by atoms with Crippen molar-refractivity contribution in [1.29, 1.82) is 0 Å². The number of aliphatic hydroxyl groups excluding tert-OH is 1. The largest absolute Gasteiger partial charge is 0.396 e. The molecule has 0 spiro atoms. The Morgan fingerprint density at radius 2 is 2.45 bits per heavy atom. The molecule has 0 aliphatic rings. The van der Waals surface area contributed by atoms with Crippen LogP contribution in [0.15, 0.2) is 4.52 Å². The molecule has 11 heavy (non-hydrogen) atoms. The van der Waals surface area contributed by atoms with Crippen molar-refractivity contribution in [3.05, 3.63) is 11.7 Å². The maximum atomic E-state index is 8.48. The third-order valence-corrected chi connectivity index (χ3v) is 1.05. The van der Waals surface area contributed by atoms with Crippen molar-refractivity contribution >= 4 is 0 Å². The predicted octanol–water partition coefficient (Wildman–Crippen LogP) is -1.01. The molecule has 0 fully saturated rings. The highest BCUT2D eigenvalue weighted by Crippen LogP contribution is 1.97. The van der Waals surface area contributed by atoms with E-state index in [0.717, 1.165) is 0 Å². The van der Waals surface area contributed by atoms with Crippen LogP contribution in [0.4, 0.5) is 0 Å². The summed E-state index contributed by atoms with van der Waals surface area (Å²) in [6.07, 6.45) is 0.383. The summed E-state index contributed by atoms with van der Waals surface area (Å²) in [5.41, 5.74) is 0. The summed E-state index contributed by atoms with van der Waals surface area (Å²) >= 11 is 0. The van der Waals surface area contributed by atoms with Gasteiger partial charge in [-0.15, -0.1) is 0 Å². The van der Waals surface area contributed by atoms with E-state index in [0.29, 0.717) is 18.1 Å². The highest BCUT2D eigenvalue weighted by Gasteiger charge is 2.03. The normalized spacial score (nSPS) is 10.4. The van der Waals surface area contributed by atoms with E-state index < -0.39 is 0 Å². The van der Waals surface area contributed by atoms with Gasteiger partial charge in [0.15, 0.2) is 5.82 Å². The third-order valence-electron chi connectivity index (χ3n) is 1.05. The number of aliphatic hydroxyl groups is 1. The summed E-state index contributed by atoms with van der Waals surface area (Å²) < 4.78 is 4.68. The van der Waals surface area contributed by atoms with Crippen LogP contribution in [0.25, 0.3) is 0 Å². The molecule has 0 unspecified atom stereocenters. The van der Waals surface area contributed by atoms with Gasteiger partial charge < -0.3 is 9.63 Å². The fourth-order valence-corrected chi connectivity index (χ4v) is 0.622. The van der Waals surface area contributed by atoms with E-state index in [1.165, 1.54) is 0 Å². The van der Waals surface area contributed by atoms with Gasteiger partial charge in [-0.05, 0) is 0 Å². The molecule has 0 saturated carbocycles. The Morgan fingerprint density at radius 3 is 3.09 bits per heavy atom. The summed E-state index contributed by atoms with van der Waals surface area (Å²) in [6, 6.07) is 0. The maximum Gasteiger partial charge on any atom is 0.254 e. The average Bonchev–Trinajstić information content (AvgIpc) is 2.38. The number of rotatable bonds is 4. The molecule has 0 aromatic carbocycles. The lowest BCUT2D eigenvalue weighted by Gasteiger charge is -1.86. The van der Waals surface area contributed by atoms with Crippen LogP contribution in [0.3, 0.4) is 0 Å². The molecule has 0 radical (unpaired) electrons. The Kier molecular flexibility index (Phi) is 2.96. The molecule has 0 aliphatic heterocycles. The van der Waals surface area contributed by atoms with Crippen molar-refractivity contribution in [2.24, 2.45) is 5.90 Å². The molecule has 1 aromatic heterocycles.